The van der Waals surface area contributed by atoms with E-state index in [0.29, 0.717) is 12.8 Å². The Hall–Kier alpha value is -1.35. The number of nitrogens with one attached hydrogen (secondary N) is 1. The van der Waals surface area contributed by atoms with Crippen molar-refractivity contribution in [3.8, 4) is 0 Å². The summed E-state index contributed by atoms with van der Waals surface area (Å²) >= 11 is 0. The summed E-state index contributed by atoms with van der Waals surface area (Å²) in [6.45, 7) is 0. The second kappa shape index (κ2) is 6.40. The number of amides is 1. The van der Waals surface area contributed by atoms with Crippen LogP contribution in [0, 0.1) is 0 Å². The average Bonchev–Trinajstić information content (AvgIpc) is 2.37. The molecule has 0 radical (unpaired) electrons. The summed E-state index contributed by atoms with van der Waals surface area (Å²) in [5.74, 6) is -1.06. The van der Waals surface area contributed by atoms with Crippen LogP contribution in [0.1, 0.15) is 38.5 Å². The van der Waals surface area contributed by atoms with E-state index in [1.807, 2.05) is 0 Å². The van der Waals surface area contributed by atoms with Crippen LogP contribution < -0.4 is 4.72 Å². The fourth-order valence-electron chi connectivity index (χ4n) is 2.56. The minimum absolute atomic E-state index is 0.286. The van der Waals surface area contributed by atoms with Crippen LogP contribution >= 0.6 is 0 Å². The van der Waals surface area contributed by atoms with Crippen LogP contribution in [-0.2, 0) is 19.7 Å². The van der Waals surface area contributed by atoms with Crippen molar-refractivity contribution in [2.24, 2.45) is 0 Å². The number of carbonyl (C=O) groups excluding carboxylic acids is 1. The summed E-state index contributed by atoms with van der Waals surface area (Å²) in [5, 5.41) is 9.04. The van der Waals surface area contributed by atoms with Gasteiger partial charge in [-0.25, -0.2) is 9.52 Å². The molecule has 0 aromatic rings. The largest absolute Gasteiger partial charge is 0.481 e. The standard InChI is InChI=1S/C11H20N2O6S/c1-13(20(17,18)12-10(16)19-2)11(8-9(14)15)6-4-3-5-7-11/h3-8H2,1-2H3,(H,12,16)(H,14,15). The molecule has 20 heavy (non-hydrogen) atoms. The van der Waals surface area contributed by atoms with Crippen molar-refractivity contribution >= 4 is 22.3 Å². The molecule has 1 saturated carbocycles. The van der Waals surface area contributed by atoms with Gasteiger partial charge in [-0.05, 0) is 12.8 Å². The fraction of sp³-hybridized carbons (Fsp3) is 0.818. The van der Waals surface area contributed by atoms with E-state index < -0.39 is 27.8 Å². The van der Waals surface area contributed by atoms with E-state index in [2.05, 4.69) is 4.74 Å². The SMILES string of the molecule is COC(=O)NS(=O)(=O)N(C)C1(CC(=O)O)CCCCC1. The van der Waals surface area contributed by atoms with Gasteiger partial charge in [0.25, 0.3) is 0 Å². The molecule has 0 aliphatic heterocycles. The predicted octanol–water partition coefficient (Wildman–Crippen LogP) is 0.697. The molecule has 8 nitrogen and oxygen atoms in total. The van der Waals surface area contributed by atoms with E-state index in [-0.39, 0.29) is 6.42 Å². The van der Waals surface area contributed by atoms with E-state index in [1.54, 1.807) is 4.72 Å². The lowest BCUT2D eigenvalue weighted by atomic mass is 9.79. The van der Waals surface area contributed by atoms with Crippen molar-refractivity contribution in [3.05, 3.63) is 0 Å². The fourth-order valence-corrected chi connectivity index (χ4v) is 3.75. The molecule has 0 bridgehead atoms. The Morgan fingerprint density at radius 2 is 1.85 bits per heavy atom. The van der Waals surface area contributed by atoms with E-state index in [9.17, 15) is 18.0 Å². The maximum Gasteiger partial charge on any atom is 0.421 e. The van der Waals surface area contributed by atoms with Crippen LogP contribution in [0.3, 0.4) is 0 Å². The zero-order valence-corrected chi connectivity index (χ0v) is 12.4. The lowest BCUT2D eigenvalue weighted by Gasteiger charge is -2.42. The summed E-state index contributed by atoms with van der Waals surface area (Å²) in [4.78, 5) is 22.1. The van der Waals surface area contributed by atoms with Gasteiger partial charge in [0, 0.05) is 12.6 Å². The van der Waals surface area contributed by atoms with Crippen LogP contribution in [0.2, 0.25) is 0 Å². The van der Waals surface area contributed by atoms with Gasteiger partial charge in [-0.1, -0.05) is 19.3 Å². The summed E-state index contributed by atoms with van der Waals surface area (Å²) in [6, 6.07) is 0. The summed E-state index contributed by atoms with van der Waals surface area (Å²) in [6.07, 6.45) is 1.98. The van der Waals surface area contributed by atoms with Crippen molar-refractivity contribution in [1.82, 2.24) is 9.03 Å². The minimum atomic E-state index is -4.13. The highest BCUT2D eigenvalue weighted by Gasteiger charge is 2.44. The number of methoxy groups -OCH3 is 1. The third-order valence-electron chi connectivity index (χ3n) is 3.69. The average molecular weight is 308 g/mol. The summed E-state index contributed by atoms with van der Waals surface area (Å²) < 4.78 is 31.2. The van der Waals surface area contributed by atoms with Gasteiger partial charge in [0.1, 0.15) is 0 Å². The molecule has 0 heterocycles. The molecular weight excluding hydrogens is 288 g/mol. The lowest BCUT2D eigenvalue weighted by Crippen LogP contribution is -2.56. The van der Waals surface area contributed by atoms with Gasteiger partial charge >= 0.3 is 22.3 Å². The van der Waals surface area contributed by atoms with Crippen LogP contribution in [-0.4, -0.2) is 49.6 Å². The van der Waals surface area contributed by atoms with Gasteiger partial charge in [-0.3, -0.25) is 4.79 Å². The first kappa shape index (κ1) is 16.7. The lowest BCUT2D eigenvalue weighted by molar-refractivity contribution is -0.140. The number of ether oxygens (including phenoxy) is 1. The van der Waals surface area contributed by atoms with Crippen LogP contribution in [0.5, 0.6) is 0 Å². The van der Waals surface area contributed by atoms with E-state index >= 15 is 0 Å². The van der Waals surface area contributed by atoms with Crippen LogP contribution in [0.25, 0.3) is 0 Å². The van der Waals surface area contributed by atoms with Gasteiger partial charge in [-0.15, -0.1) is 0 Å². The Kier molecular flexibility index (Phi) is 5.35. The van der Waals surface area contributed by atoms with Gasteiger partial charge in [-0.2, -0.15) is 12.7 Å². The van der Waals surface area contributed by atoms with Crippen molar-refractivity contribution in [2.45, 2.75) is 44.1 Å². The van der Waals surface area contributed by atoms with Crippen LogP contribution in [0.15, 0.2) is 0 Å². The molecule has 0 atom stereocenters. The quantitative estimate of drug-likeness (QED) is 0.773. The zero-order valence-electron chi connectivity index (χ0n) is 11.6. The number of nitrogens with zero attached hydrogens (tertiary/aromatic N) is 1. The molecule has 0 aromatic carbocycles. The first-order chi connectivity index (χ1) is 9.23. The molecule has 0 spiro atoms. The van der Waals surface area contributed by atoms with Crippen molar-refractivity contribution in [2.75, 3.05) is 14.2 Å². The minimum Gasteiger partial charge on any atom is -0.481 e. The second-order valence-electron chi connectivity index (χ2n) is 4.92. The first-order valence-electron chi connectivity index (χ1n) is 6.30. The number of carboxylic acid groups (broad SMARTS) is 1. The molecule has 2 N–H and O–H groups in total. The highest BCUT2D eigenvalue weighted by atomic mass is 32.2. The molecule has 1 rings (SSSR count). The van der Waals surface area contributed by atoms with E-state index in [0.717, 1.165) is 30.7 Å². The topological polar surface area (TPSA) is 113 Å². The third kappa shape index (κ3) is 3.83. The molecule has 0 unspecified atom stereocenters. The molecule has 9 heteroatoms. The summed E-state index contributed by atoms with van der Waals surface area (Å²) in [5.41, 5.74) is -0.996. The molecular formula is C11H20N2O6S. The Morgan fingerprint density at radius 1 is 1.30 bits per heavy atom. The van der Waals surface area contributed by atoms with Crippen LogP contribution in [0.4, 0.5) is 4.79 Å². The Bertz CT molecular complexity index is 469. The van der Waals surface area contributed by atoms with E-state index in [1.165, 1.54) is 7.05 Å². The smallest absolute Gasteiger partial charge is 0.421 e. The molecule has 0 saturated heterocycles. The molecule has 116 valence electrons. The maximum absolute atomic E-state index is 12.1. The Labute approximate surface area is 118 Å². The Balaban J connectivity index is 3.00. The molecule has 1 aliphatic carbocycles. The number of carboxylic acids is 1. The number of rotatable bonds is 5. The maximum atomic E-state index is 12.1. The number of hydrogen-bond donors (Lipinski definition) is 2. The zero-order chi connectivity index (χ0) is 15.4. The van der Waals surface area contributed by atoms with Gasteiger partial charge in [0.15, 0.2) is 0 Å². The van der Waals surface area contributed by atoms with Gasteiger partial charge in [0.2, 0.25) is 0 Å². The van der Waals surface area contributed by atoms with Crippen molar-refractivity contribution < 1.29 is 27.9 Å². The highest BCUT2D eigenvalue weighted by Crippen LogP contribution is 2.37. The number of hydrogen-bond acceptors (Lipinski definition) is 5. The summed E-state index contributed by atoms with van der Waals surface area (Å²) in [7, 11) is -1.78. The Morgan fingerprint density at radius 3 is 2.30 bits per heavy atom. The van der Waals surface area contributed by atoms with Gasteiger partial charge < -0.3 is 9.84 Å². The molecule has 1 fully saturated rings. The number of aliphatic carboxylic acids is 1. The predicted molar refractivity (Wildman–Crippen MR) is 70.3 cm³/mol. The van der Waals surface area contributed by atoms with Crippen molar-refractivity contribution in [1.29, 1.82) is 0 Å². The third-order valence-corrected chi connectivity index (χ3v) is 5.22. The number of carbonyl (C=O) groups is 2. The van der Waals surface area contributed by atoms with E-state index in [4.69, 9.17) is 5.11 Å². The molecule has 1 aliphatic rings. The normalized spacial score (nSPS) is 18.6. The monoisotopic (exact) mass is 308 g/mol. The second-order valence-corrected chi connectivity index (χ2v) is 6.62. The van der Waals surface area contributed by atoms with Crippen molar-refractivity contribution in [3.63, 3.8) is 0 Å². The highest BCUT2D eigenvalue weighted by molar-refractivity contribution is 7.87. The first-order valence-corrected chi connectivity index (χ1v) is 7.74. The van der Waals surface area contributed by atoms with Gasteiger partial charge in [0.05, 0.1) is 13.5 Å². The molecule has 0 aromatic heterocycles. The molecule has 1 amide bonds.